The number of anilines is 1. The fourth-order valence-corrected chi connectivity index (χ4v) is 2.62. The fourth-order valence-electron chi connectivity index (χ4n) is 2.62. The van der Waals surface area contributed by atoms with Crippen molar-refractivity contribution >= 4 is 11.6 Å². The summed E-state index contributed by atoms with van der Waals surface area (Å²) in [5, 5.41) is 2.95. The molecule has 0 spiro atoms. The smallest absolute Gasteiger partial charge is 0.251 e. The molecule has 0 aliphatic rings. The Morgan fingerprint density at radius 2 is 1.92 bits per heavy atom. The Hall–Kier alpha value is -3.08. The molecule has 5 nitrogen and oxygen atoms in total. The fraction of sp³-hybridized carbons (Fsp3) is 0.200. The standard InChI is InChI=1S/C20H22N4O/c1-23(2)18-10-6-9-17(13-18)20(25)22-14-19-21-11-12-24(19)15-16-7-4-3-5-8-16/h3-13H,14-15H2,1-2H3,(H,22,25). The van der Waals surface area contributed by atoms with Crippen LogP contribution >= 0.6 is 0 Å². The predicted molar refractivity (Wildman–Crippen MR) is 99.7 cm³/mol. The van der Waals surface area contributed by atoms with E-state index in [1.54, 1.807) is 6.20 Å². The molecule has 0 unspecified atom stereocenters. The van der Waals surface area contributed by atoms with E-state index in [9.17, 15) is 4.79 Å². The van der Waals surface area contributed by atoms with Gasteiger partial charge < -0.3 is 14.8 Å². The number of nitrogens with zero attached hydrogens (tertiary/aromatic N) is 3. The first-order chi connectivity index (χ1) is 12.1. The van der Waals surface area contributed by atoms with Crippen LogP contribution in [0, 0.1) is 0 Å². The second-order valence-corrected chi connectivity index (χ2v) is 6.08. The number of carbonyl (C=O) groups is 1. The molecular formula is C20H22N4O. The zero-order chi connectivity index (χ0) is 17.6. The summed E-state index contributed by atoms with van der Waals surface area (Å²) in [7, 11) is 3.91. The Morgan fingerprint density at radius 1 is 1.12 bits per heavy atom. The van der Waals surface area contributed by atoms with Crippen LogP contribution < -0.4 is 10.2 Å². The monoisotopic (exact) mass is 334 g/mol. The number of benzene rings is 2. The van der Waals surface area contributed by atoms with E-state index < -0.39 is 0 Å². The Morgan fingerprint density at radius 3 is 2.68 bits per heavy atom. The molecule has 0 atom stereocenters. The van der Waals surface area contributed by atoms with Crippen molar-refractivity contribution in [1.82, 2.24) is 14.9 Å². The molecule has 1 heterocycles. The molecular weight excluding hydrogens is 312 g/mol. The molecule has 2 aromatic carbocycles. The van der Waals surface area contributed by atoms with E-state index in [2.05, 4.69) is 22.4 Å². The number of nitrogens with one attached hydrogen (secondary N) is 1. The maximum atomic E-state index is 12.4. The second kappa shape index (κ2) is 7.66. The first-order valence-corrected chi connectivity index (χ1v) is 8.23. The van der Waals surface area contributed by atoms with Crippen LogP contribution in [0.15, 0.2) is 67.0 Å². The van der Waals surface area contributed by atoms with E-state index in [1.807, 2.05) is 72.2 Å². The summed E-state index contributed by atoms with van der Waals surface area (Å²) in [5.41, 5.74) is 2.84. The molecule has 3 aromatic rings. The quantitative estimate of drug-likeness (QED) is 0.754. The number of aromatic nitrogens is 2. The Bertz CT molecular complexity index is 840. The van der Waals surface area contributed by atoms with Crippen molar-refractivity contribution in [1.29, 1.82) is 0 Å². The summed E-state index contributed by atoms with van der Waals surface area (Å²) in [6.45, 7) is 1.13. The summed E-state index contributed by atoms with van der Waals surface area (Å²) in [6, 6.07) is 17.8. The van der Waals surface area contributed by atoms with Gasteiger partial charge in [-0.05, 0) is 23.8 Å². The van der Waals surface area contributed by atoms with Gasteiger partial charge in [0.05, 0.1) is 6.54 Å². The molecule has 3 rings (SSSR count). The Kier molecular flexibility index (Phi) is 5.14. The number of amides is 1. The van der Waals surface area contributed by atoms with Gasteiger partial charge >= 0.3 is 0 Å². The van der Waals surface area contributed by atoms with Crippen LogP contribution in [0.25, 0.3) is 0 Å². The third kappa shape index (κ3) is 4.26. The van der Waals surface area contributed by atoms with Crippen LogP contribution in [0.2, 0.25) is 0 Å². The zero-order valence-electron chi connectivity index (χ0n) is 14.5. The van der Waals surface area contributed by atoms with Gasteiger partial charge in [0.2, 0.25) is 0 Å². The van der Waals surface area contributed by atoms with Crippen LogP contribution in [-0.2, 0) is 13.1 Å². The summed E-state index contributed by atoms with van der Waals surface area (Å²) in [5.74, 6) is 0.735. The van der Waals surface area contributed by atoms with E-state index in [4.69, 9.17) is 0 Å². The van der Waals surface area contributed by atoms with Gasteiger partial charge in [-0.2, -0.15) is 0 Å². The molecule has 0 bridgehead atoms. The summed E-state index contributed by atoms with van der Waals surface area (Å²) < 4.78 is 2.05. The van der Waals surface area contributed by atoms with Crippen LogP contribution in [-0.4, -0.2) is 29.6 Å². The highest BCUT2D eigenvalue weighted by Gasteiger charge is 2.09. The molecule has 0 saturated heterocycles. The maximum absolute atomic E-state index is 12.4. The van der Waals surface area contributed by atoms with E-state index in [0.29, 0.717) is 12.1 Å². The molecule has 0 fully saturated rings. The number of hydrogen-bond acceptors (Lipinski definition) is 3. The van der Waals surface area contributed by atoms with Gasteiger partial charge in [0.25, 0.3) is 5.91 Å². The molecule has 0 saturated carbocycles. The van der Waals surface area contributed by atoms with Crippen molar-refractivity contribution in [3.8, 4) is 0 Å². The lowest BCUT2D eigenvalue weighted by Crippen LogP contribution is -2.25. The average molecular weight is 334 g/mol. The highest BCUT2D eigenvalue weighted by Crippen LogP contribution is 2.13. The minimum Gasteiger partial charge on any atom is -0.378 e. The van der Waals surface area contributed by atoms with Crippen LogP contribution in [0.4, 0.5) is 5.69 Å². The van der Waals surface area contributed by atoms with Gasteiger partial charge in [0, 0.05) is 44.3 Å². The van der Waals surface area contributed by atoms with Crippen molar-refractivity contribution < 1.29 is 4.79 Å². The normalized spacial score (nSPS) is 10.5. The lowest BCUT2D eigenvalue weighted by Gasteiger charge is -2.13. The van der Waals surface area contributed by atoms with Gasteiger partial charge in [0.15, 0.2) is 0 Å². The van der Waals surface area contributed by atoms with E-state index in [-0.39, 0.29) is 5.91 Å². The van der Waals surface area contributed by atoms with Crippen molar-refractivity contribution in [2.75, 3.05) is 19.0 Å². The summed E-state index contributed by atoms with van der Waals surface area (Å²) in [4.78, 5) is 18.8. The molecule has 25 heavy (non-hydrogen) atoms. The SMILES string of the molecule is CN(C)c1cccc(C(=O)NCc2nccn2Cc2ccccc2)c1. The molecule has 1 N–H and O–H groups in total. The molecule has 0 radical (unpaired) electrons. The molecule has 1 amide bonds. The summed E-state index contributed by atoms with van der Waals surface area (Å²) >= 11 is 0. The highest BCUT2D eigenvalue weighted by atomic mass is 16.1. The van der Waals surface area contributed by atoms with E-state index >= 15 is 0 Å². The highest BCUT2D eigenvalue weighted by molar-refractivity contribution is 5.95. The van der Waals surface area contributed by atoms with Gasteiger partial charge in [0.1, 0.15) is 5.82 Å². The largest absolute Gasteiger partial charge is 0.378 e. The number of hydrogen-bond donors (Lipinski definition) is 1. The molecule has 1 aromatic heterocycles. The van der Waals surface area contributed by atoms with Crippen molar-refractivity contribution in [2.24, 2.45) is 0 Å². The maximum Gasteiger partial charge on any atom is 0.251 e. The second-order valence-electron chi connectivity index (χ2n) is 6.08. The lowest BCUT2D eigenvalue weighted by molar-refractivity contribution is 0.0949. The third-order valence-electron chi connectivity index (χ3n) is 4.03. The first kappa shape index (κ1) is 16.8. The van der Waals surface area contributed by atoms with Crippen LogP contribution in [0.5, 0.6) is 0 Å². The van der Waals surface area contributed by atoms with Gasteiger partial charge in [-0.15, -0.1) is 0 Å². The average Bonchev–Trinajstić information content (AvgIpc) is 3.07. The summed E-state index contributed by atoms with van der Waals surface area (Å²) in [6.07, 6.45) is 3.69. The molecule has 128 valence electrons. The third-order valence-corrected chi connectivity index (χ3v) is 4.03. The number of carbonyl (C=O) groups excluding carboxylic acids is 1. The number of imidazole rings is 1. The minimum absolute atomic E-state index is 0.0991. The lowest BCUT2D eigenvalue weighted by atomic mass is 10.2. The molecule has 0 aliphatic heterocycles. The van der Waals surface area contributed by atoms with Crippen molar-refractivity contribution in [3.05, 3.63) is 83.9 Å². The van der Waals surface area contributed by atoms with Crippen molar-refractivity contribution in [2.45, 2.75) is 13.1 Å². The zero-order valence-corrected chi connectivity index (χ0v) is 14.5. The van der Waals surface area contributed by atoms with E-state index in [1.165, 1.54) is 5.56 Å². The van der Waals surface area contributed by atoms with Gasteiger partial charge in [-0.3, -0.25) is 4.79 Å². The van der Waals surface area contributed by atoms with Gasteiger partial charge in [-0.25, -0.2) is 4.98 Å². The van der Waals surface area contributed by atoms with E-state index in [0.717, 1.165) is 18.1 Å². The van der Waals surface area contributed by atoms with Crippen molar-refractivity contribution in [3.63, 3.8) is 0 Å². The first-order valence-electron chi connectivity index (χ1n) is 8.23. The Balaban J connectivity index is 1.65. The Labute approximate surface area is 147 Å². The van der Waals surface area contributed by atoms with Crippen LogP contribution in [0.3, 0.4) is 0 Å². The van der Waals surface area contributed by atoms with Gasteiger partial charge in [-0.1, -0.05) is 36.4 Å². The molecule has 0 aliphatic carbocycles. The van der Waals surface area contributed by atoms with Crippen LogP contribution in [0.1, 0.15) is 21.7 Å². The topological polar surface area (TPSA) is 50.2 Å². The minimum atomic E-state index is -0.0991. The molecule has 5 heteroatoms. The number of rotatable bonds is 6. The predicted octanol–water partition coefficient (Wildman–Crippen LogP) is 2.93.